The summed E-state index contributed by atoms with van der Waals surface area (Å²) in [6.07, 6.45) is 0. The van der Waals surface area contributed by atoms with E-state index in [0.717, 1.165) is 15.3 Å². The maximum atomic E-state index is 8.91. The predicted octanol–water partition coefficient (Wildman–Crippen LogP) is 0.868. The number of aliphatic hydroxyl groups excluding tert-OH is 2. The van der Waals surface area contributed by atoms with Crippen molar-refractivity contribution in [3.8, 4) is 0 Å². The normalized spacial score (nSPS) is 11.1. The molecule has 0 bridgehead atoms. The minimum atomic E-state index is 0.0243. The van der Waals surface area contributed by atoms with Crippen molar-refractivity contribution < 1.29 is 14.6 Å². The highest BCUT2D eigenvalue weighted by atomic mass is 32.1. The zero-order valence-electron chi connectivity index (χ0n) is 8.72. The molecule has 6 heteroatoms. The van der Waals surface area contributed by atoms with Crippen molar-refractivity contribution in [1.29, 1.82) is 0 Å². The molecule has 0 atom stereocenters. The van der Waals surface area contributed by atoms with Gasteiger partial charge in [-0.1, -0.05) is 0 Å². The van der Waals surface area contributed by atoms with Crippen LogP contribution in [0.25, 0.3) is 10.3 Å². The van der Waals surface area contributed by atoms with Gasteiger partial charge in [0, 0.05) is 25.2 Å². The number of hydrogen-bond acceptors (Lipinski definition) is 6. The topological polar surface area (TPSA) is 82.9 Å². The number of anilines is 2. The lowest BCUT2D eigenvalue weighted by Crippen LogP contribution is -2.29. The van der Waals surface area contributed by atoms with Crippen LogP contribution in [-0.2, 0) is 0 Å². The molecule has 2 rings (SSSR count). The monoisotopic (exact) mass is 242 g/mol. The van der Waals surface area contributed by atoms with Gasteiger partial charge in [0.25, 0.3) is 0 Å². The van der Waals surface area contributed by atoms with E-state index >= 15 is 0 Å². The molecule has 2 aromatic rings. The van der Waals surface area contributed by atoms with E-state index in [0.29, 0.717) is 19.0 Å². The number of nitrogens with two attached hydrogens (primary N) is 1. The minimum absolute atomic E-state index is 0.0243. The third kappa shape index (κ3) is 2.13. The number of aliphatic hydroxyl groups is 2. The maximum absolute atomic E-state index is 8.91. The van der Waals surface area contributed by atoms with Crippen molar-refractivity contribution in [3.05, 3.63) is 12.1 Å². The van der Waals surface area contributed by atoms with Gasteiger partial charge in [-0.25, -0.2) is 0 Å². The van der Waals surface area contributed by atoms with E-state index in [1.165, 1.54) is 11.3 Å². The standard InChI is InChI=1S/C10H14N2O3S/c11-9-5-7-8(16-9)6-10(15-7)12(1-3-13)2-4-14/h5-6,13-14H,1-4,11H2. The van der Waals surface area contributed by atoms with Crippen molar-refractivity contribution >= 4 is 32.5 Å². The zero-order valence-corrected chi connectivity index (χ0v) is 9.54. The molecule has 0 amide bonds. The molecule has 2 heterocycles. The maximum Gasteiger partial charge on any atom is 0.197 e. The molecule has 0 aliphatic heterocycles. The number of nitrogens with zero attached hydrogens (tertiary/aromatic N) is 1. The molecule has 0 unspecified atom stereocenters. The molecule has 0 saturated heterocycles. The lowest BCUT2D eigenvalue weighted by atomic mass is 10.4. The van der Waals surface area contributed by atoms with E-state index in [2.05, 4.69) is 0 Å². The summed E-state index contributed by atoms with van der Waals surface area (Å²) in [6, 6.07) is 3.65. The summed E-state index contributed by atoms with van der Waals surface area (Å²) in [6.45, 7) is 0.931. The van der Waals surface area contributed by atoms with Crippen LogP contribution in [0, 0.1) is 0 Å². The van der Waals surface area contributed by atoms with Gasteiger partial charge in [-0.05, 0) is 0 Å². The highest BCUT2D eigenvalue weighted by Crippen LogP contribution is 2.33. The predicted molar refractivity (Wildman–Crippen MR) is 64.9 cm³/mol. The van der Waals surface area contributed by atoms with Gasteiger partial charge in [0.05, 0.1) is 22.9 Å². The van der Waals surface area contributed by atoms with Crippen LogP contribution in [0.1, 0.15) is 0 Å². The molecule has 2 aromatic heterocycles. The fourth-order valence-corrected chi connectivity index (χ4v) is 2.35. The molecule has 16 heavy (non-hydrogen) atoms. The largest absolute Gasteiger partial charge is 0.440 e. The average molecular weight is 242 g/mol. The van der Waals surface area contributed by atoms with Crippen LogP contribution in [0.15, 0.2) is 16.5 Å². The van der Waals surface area contributed by atoms with E-state index < -0.39 is 0 Å². The quantitative estimate of drug-likeness (QED) is 0.724. The first-order valence-corrected chi connectivity index (χ1v) is 5.81. The van der Waals surface area contributed by atoms with Crippen LogP contribution in [0.2, 0.25) is 0 Å². The summed E-state index contributed by atoms with van der Waals surface area (Å²) in [7, 11) is 0. The molecule has 0 saturated carbocycles. The fraction of sp³-hybridized carbons (Fsp3) is 0.400. The Kier molecular flexibility index (Phi) is 3.33. The van der Waals surface area contributed by atoms with Crippen LogP contribution < -0.4 is 10.6 Å². The Morgan fingerprint density at radius 3 is 2.50 bits per heavy atom. The highest BCUT2D eigenvalue weighted by Gasteiger charge is 2.12. The van der Waals surface area contributed by atoms with Crippen molar-refractivity contribution in [3.63, 3.8) is 0 Å². The second kappa shape index (κ2) is 4.73. The lowest BCUT2D eigenvalue weighted by molar-refractivity contribution is 0.278. The summed E-state index contributed by atoms with van der Waals surface area (Å²) in [5.41, 5.74) is 6.39. The Morgan fingerprint density at radius 1 is 1.25 bits per heavy atom. The SMILES string of the molecule is Nc1cc2oc(N(CCO)CCO)cc2s1. The van der Waals surface area contributed by atoms with Crippen LogP contribution in [0.4, 0.5) is 10.9 Å². The number of hydrogen-bond donors (Lipinski definition) is 3. The lowest BCUT2D eigenvalue weighted by Gasteiger charge is -2.19. The smallest absolute Gasteiger partial charge is 0.197 e. The van der Waals surface area contributed by atoms with Crippen molar-refractivity contribution in [2.24, 2.45) is 0 Å². The molecule has 0 spiro atoms. The van der Waals surface area contributed by atoms with E-state index in [-0.39, 0.29) is 13.2 Å². The van der Waals surface area contributed by atoms with Gasteiger partial charge in [-0.3, -0.25) is 0 Å². The summed E-state index contributed by atoms with van der Waals surface area (Å²) in [5.74, 6) is 0.657. The molecule has 0 aliphatic rings. The Hall–Kier alpha value is -1.24. The number of fused-ring (bicyclic) bond motifs is 1. The van der Waals surface area contributed by atoms with Gasteiger partial charge in [0.15, 0.2) is 5.88 Å². The molecule has 4 N–H and O–H groups in total. The first-order chi connectivity index (χ1) is 7.74. The zero-order chi connectivity index (χ0) is 11.5. The van der Waals surface area contributed by atoms with Crippen LogP contribution >= 0.6 is 11.3 Å². The minimum Gasteiger partial charge on any atom is -0.440 e. The Morgan fingerprint density at radius 2 is 1.94 bits per heavy atom. The Labute approximate surface area is 96.7 Å². The number of nitrogen functional groups attached to an aromatic ring is 1. The van der Waals surface area contributed by atoms with Gasteiger partial charge >= 0.3 is 0 Å². The molecule has 0 aliphatic carbocycles. The van der Waals surface area contributed by atoms with Crippen LogP contribution in [0.3, 0.4) is 0 Å². The third-order valence-electron chi connectivity index (χ3n) is 2.26. The average Bonchev–Trinajstić information content (AvgIpc) is 2.74. The van der Waals surface area contributed by atoms with Gasteiger partial charge in [0.1, 0.15) is 5.58 Å². The molecule has 0 fully saturated rings. The number of rotatable bonds is 5. The van der Waals surface area contributed by atoms with Gasteiger partial charge in [-0.2, -0.15) is 0 Å². The highest BCUT2D eigenvalue weighted by molar-refractivity contribution is 7.22. The number of furan rings is 1. The summed E-state index contributed by atoms with van der Waals surface area (Å²) in [4.78, 5) is 1.79. The Bertz CT molecular complexity index is 428. The first kappa shape index (κ1) is 11.3. The second-order valence-electron chi connectivity index (χ2n) is 3.40. The van der Waals surface area contributed by atoms with E-state index in [9.17, 15) is 0 Å². The molecule has 0 radical (unpaired) electrons. The van der Waals surface area contributed by atoms with Crippen molar-refractivity contribution in [2.45, 2.75) is 0 Å². The van der Waals surface area contributed by atoms with Crippen molar-refractivity contribution in [1.82, 2.24) is 0 Å². The molecule has 0 aromatic carbocycles. The summed E-state index contributed by atoms with van der Waals surface area (Å²) >= 11 is 1.46. The summed E-state index contributed by atoms with van der Waals surface area (Å²) in [5, 5.41) is 18.5. The second-order valence-corrected chi connectivity index (χ2v) is 4.51. The summed E-state index contributed by atoms with van der Waals surface area (Å²) < 4.78 is 6.57. The molecular weight excluding hydrogens is 228 g/mol. The third-order valence-corrected chi connectivity index (χ3v) is 3.16. The molecular formula is C10H14N2O3S. The van der Waals surface area contributed by atoms with E-state index in [1.54, 1.807) is 11.0 Å². The Balaban J connectivity index is 2.25. The van der Waals surface area contributed by atoms with Gasteiger partial charge < -0.3 is 25.3 Å². The first-order valence-electron chi connectivity index (χ1n) is 5.00. The van der Waals surface area contributed by atoms with Gasteiger partial charge in [0.2, 0.25) is 0 Å². The fourth-order valence-electron chi connectivity index (χ4n) is 1.57. The van der Waals surface area contributed by atoms with Crippen LogP contribution in [0.5, 0.6) is 0 Å². The number of thiophene rings is 1. The molecule has 88 valence electrons. The van der Waals surface area contributed by atoms with Crippen molar-refractivity contribution in [2.75, 3.05) is 36.9 Å². The van der Waals surface area contributed by atoms with Gasteiger partial charge in [-0.15, -0.1) is 11.3 Å². The van der Waals surface area contributed by atoms with E-state index in [1.807, 2.05) is 6.07 Å². The molecule has 5 nitrogen and oxygen atoms in total. The van der Waals surface area contributed by atoms with Crippen LogP contribution in [-0.4, -0.2) is 36.5 Å². The van der Waals surface area contributed by atoms with E-state index in [4.69, 9.17) is 20.4 Å².